The highest BCUT2D eigenvalue weighted by molar-refractivity contribution is 7.80. The number of rotatable bonds is 6. The summed E-state index contributed by atoms with van der Waals surface area (Å²) in [7, 11) is 1.71. The second kappa shape index (κ2) is 6.71. The van der Waals surface area contributed by atoms with Gasteiger partial charge in [0.2, 0.25) is 0 Å². The summed E-state index contributed by atoms with van der Waals surface area (Å²) in [5.41, 5.74) is 2.94. The molecule has 0 heterocycles. The normalized spacial score (nSPS) is 16.6. The summed E-state index contributed by atoms with van der Waals surface area (Å²) in [4.78, 5) is 0. The lowest BCUT2D eigenvalue weighted by atomic mass is 9.78. The van der Waals surface area contributed by atoms with E-state index in [9.17, 15) is 0 Å². The number of methoxy groups -OCH3 is 1. The molecule has 3 nitrogen and oxygen atoms in total. The van der Waals surface area contributed by atoms with Gasteiger partial charge in [-0.2, -0.15) is 0 Å². The zero-order chi connectivity index (χ0) is 12.8. The Bertz CT molecular complexity index is 409. The van der Waals surface area contributed by atoms with Crippen molar-refractivity contribution in [2.24, 2.45) is 0 Å². The second-order valence-electron chi connectivity index (χ2n) is 4.58. The van der Waals surface area contributed by atoms with Gasteiger partial charge in [0.1, 0.15) is 0 Å². The first-order chi connectivity index (χ1) is 8.81. The van der Waals surface area contributed by atoms with Gasteiger partial charge >= 0.3 is 0 Å². The lowest BCUT2D eigenvalue weighted by Gasteiger charge is -2.30. The number of ether oxygens (including phenoxy) is 1. The molecular weight excluding hydrogens is 244 g/mol. The average Bonchev–Trinajstić information content (AvgIpc) is 2.36. The molecule has 1 aliphatic carbocycles. The van der Waals surface area contributed by atoms with Crippen molar-refractivity contribution in [1.29, 1.82) is 0 Å². The molecule has 0 amide bonds. The van der Waals surface area contributed by atoms with Gasteiger partial charge in [0, 0.05) is 32.7 Å². The SMILES string of the molecule is COCCCNC(=S)NCC1Cc2ccccc21. The van der Waals surface area contributed by atoms with Crippen LogP contribution in [-0.2, 0) is 11.2 Å². The standard InChI is InChI=1S/C14H20N2OS/c1-17-8-4-7-15-14(18)16-10-12-9-11-5-2-3-6-13(11)12/h2-3,5-6,12H,4,7-10H2,1H3,(H2,15,16,18). The van der Waals surface area contributed by atoms with Crippen LogP contribution in [0.4, 0.5) is 0 Å². The Morgan fingerprint density at radius 3 is 3.00 bits per heavy atom. The van der Waals surface area contributed by atoms with Gasteiger partial charge in [-0.3, -0.25) is 0 Å². The molecule has 1 aliphatic rings. The minimum Gasteiger partial charge on any atom is -0.385 e. The lowest BCUT2D eigenvalue weighted by molar-refractivity contribution is 0.195. The molecule has 4 heteroatoms. The molecule has 2 rings (SSSR count). The van der Waals surface area contributed by atoms with Gasteiger partial charge in [-0.15, -0.1) is 0 Å². The zero-order valence-corrected chi connectivity index (χ0v) is 11.6. The molecule has 0 spiro atoms. The van der Waals surface area contributed by atoms with Crippen molar-refractivity contribution in [3.05, 3.63) is 35.4 Å². The van der Waals surface area contributed by atoms with Crippen LogP contribution < -0.4 is 10.6 Å². The minimum atomic E-state index is 0.611. The number of hydrogen-bond donors (Lipinski definition) is 2. The quantitative estimate of drug-likeness (QED) is 0.607. The van der Waals surface area contributed by atoms with E-state index in [0.717, 1.165) is 37.7 Å². The maximum atomic E-state index is 5.23. The summed E-state index contributed by atoms with van der Waals surface area (Å²) in [5, 5.41) is 7.21. The lowest BCUT2D eigenvalue weighted by Crippen LogP contribution is -2.40. The molecule has 0 bridgehead atoms. The van der Waals surface area contributed by atoms with Crippen LogP contribution in [0.2, 0.25) is 0 Å². The highest BCUT2D eigenvalue weighted by Gasteiger charge is 2.24. The summed E-state index contributed by atoms with van der Waals surface area (Å²) in [6.07, 6.45) is 2.14. The molecule has 98 valence electrons. The fraction of sp³-hybridized carbons (Fsp3) is 0.500. The number of benzene rings is 1. The predicted octanol–water partition coefficient (Wildman–Crippen LogP) is 1.83. The molecule has 0 saturated carbocycles. The Hall–Kier alpha value is -1.13. The highest BCUT2D eigenvalue weighted by atomic mass is 32.1. The molecule has 18 heavy (non-hydrogen) atoms. The van der Waals surface area contributed by atoms with Crippen LogP contribution in [-0.4, -0.2) is 31.9 Å². The maximum Gasteiger partial charge on any atom is 0.166 e. The average molecular weight is 264 g/mol. The molecule has 1 aromatic rings. The Kier molecular flexibility index (Phi) is 4.96. The van der Waals surface area contributed by atoms with Crippen molar-refractivity contribution in [1.82, 2.24) is 10.6 Å². The van der Waals surface area contributed by atoms with Gasteiger partial charge in [-0.1, -0.05) is 24.3 Å². The van der Waals surface area contributed by atoms with E-state index in [1.165, 1.54) is 11.1 Å². The van der Waals surface area contributed by atoms with E-state index in [-0.39, 0.29) is 0 Å². The van der Waals surface area contributed by atoms with Crippen LogP contribution in [0, 0.1) is 0 Å². The van der Waals surface area contributed by atoms with Gasteiger partial charge in [-0.25, -0.2) is 0 Å². The van der Waals surface area contributed by atoms with Crippen molar-refractivity contribution in [3.63, 3.8) is 0 Å². The summed E-state index contributed by atoms with van der Waals surface area (Å²) in [6, 6.07) is 8.62. The van der Waals surface area contributed by atoms with Gasteiger partial charge in [0.15, 0.2) is 5.11 Å². The smallest absolute Gasteiger partial charge is 0.166 e. The number of nitrogens with one attached hydrogen (secondary N) is 2. The fourth-order valence-electron chi connectivity index (χ4n) is 2.24. The van der Waals surface area contributed by atoms with Gasteiger partial charge in [0.25, 0.3) is 0 Å². The molecule has 2 N–H and O–H groups in total. The van der Waals surface area contributed by atoms with E-state index in [0.29, 0.717) is 5.92 Å². The van der Waals surface area contributed by atoms with E-state index >= 15 is 0 Å². The molecule has 0 aromatic heterocycles. The third kappa shape index (κ3) is 3.43. The van der Waals surface area contributed by atoms with E-state index < -0.39 is 0 Å². The van der Waals surface area contributed by atoms with E-state index in [1.807, 2.05) is 0 Å². The molecule has 0 radical (unpaired) electrons. The molecule has 1 atom stereocenters. The fourth-order valence-corrected chi connectivity index (χ4v) is 2.43. The molecule has 0 aliphatic heterocycles. The largest absolute Gasteiger partial charge is 0.385 e. The third-order valence-corrected chi connectivity index (χ3v) is 3.57. The third-order valence-electron chi connectivity index (χ3n) is 3.28. The molecule has 0 fully saturated rings. The maximum absolute atomic E-state index is 5.23. The first kappa shape index (κ1) is 13.3. The summed E-state index contributed by atoms with van der Waals surface area (Å²) < 4.78 is 4.98. The molecule has 1 unspecified atom stereocenters. The Balaban J connectivity index is 1.63. The molecule has 0 saturated heterocycles. The van der Waals surface area contributed by atoms with E-state index in [4.69, 9.17) is 17.0 Å². The van der Waals surface area contributed by atoms with Crippen LogP contribution in [0.3, 0.4) is 0 Å². The van der Waals surface area contributed by atoms with E-state index in [2.05, 4.69) is 34.9 Å². The van der Waals surface area contributed by atoms with Crippen molar-refractivity contribution >= 4 is 17.3 Å². The van der Waals surface area contributed by atoms with Crippen LogP contribution in [0.1, 0.15) is 23.5 Å². The Labute approximate surface area is 114 Å². The van der Waals surface area contributed by atoms with Crippen molar-refractivity contribution in [2.75, 3.05) is 26.8 Å². The first-order valence-electron chi connectivity index (χ1n) is 6.39. The van der Waals surface area contributed by atoms with E-state index in [1.54, 1.807) is 7.11 Å². The van der Waals surface area contributed by atoms with Gasteiger partial charge in [-0.05, 0) is 36.2 Å². The van der Waals surface area contributed by atoms with Crippen LogP contribution >= 0.6 is 12.2 Å². The monoisotopic (exact) mass is 264 g/mol. The highest BCUT2D eigenvalue weighted by Crippen LogP contribution is 2.33. The van der Waals surface area contributed by atoms with Gasteiger partial charge < -0.3 is 15.4 Å². The van der Waals surface area contributed by atoms with Crippen LogP contribution in [0.5, 0.6) is 0 Å². The zero-order valence-electron chi connectivity index (χ0n) is 10.7. The topological polar surface area (TPSA) is 33.3 Å². The van der Waals surface area contributed by atoms with Crippen molar-refractivity contribution in [3.8, 4) is 0 Å². The molecular formula is C14H20N2OS. The first-order valence-corrected chi connectivity index (χ1v) is 6.80. The summed E-state index contributed by atoms with van der Waals surface area (Å²) in [6.45, 7) is 2.56. The Morgan fingerprint density at radius 1 is 1.39 bits per heavy atom. The number of hydrogen-bond acceptors (Lipinski definition) is 2. The van der Waals surface area contributed by atoms with Crippen LogP contribution in [0.15, 0.2) is 24.3 Å². The summed E-state index contributed by atoms with van der Waals surface area (Å²) >= 11 is 5.23. The molecule has 1 aromatic carbocycles. The van der Waals surface area contributed by atoms with Gasteiger partial charge in [0.05, 0.1) is 0 Å². The van der Waals surface area contributed by atoms with Crippen LogP contribution in [0.25, 0.3) is 0 Å². The number of thiocarbonyl (C=S) groups is 1. The van der Waals surface area contributed by atoms with Crippen molar-refractivity contribution < 1.29 is 4.74 Å². The number of fused-ring (bicyclic) bond motifs is 1. The second-order valence-corrected chi connectivity index (χ2v) is 4.99. The summed E-state index contributed by atoms with van der Waals surface area (Å²) in [5.74, 6) is 0.611. The Morgan fingerprint density at radius 2 is 2.22 bits per heavy atom. The van der Waals surface area contributed by atoms with Crippen molar-refractivity contribution in [2.45, 2.75) is 18.8 Å². The minimum absolute atomic E-state index is 0.611. The predicted molar refractivity (Wildman–Crippen MR) is 78.0 cm³/mol.